The number of nitrogens with one attached hydrogen (secondary N) is 1. The first-order chi connectivity index (χ1) is 19.1. The number of carbonyl (C=O) groups excluding carboxylic acids is 4. The molecule has 0 spiro atoms. The molecule has 1 aliphatic rings. The summed E-state index contributed by atoms with van der Waals surface area (Å²) in [5.74, 6) is -2.15. The zero-order valence-electron chi connectivity index (χ0n) is 21.7. The van der Waals surface area contributed by atoms with Crippen LogP contribution in [0.3, 0.4) is 0 Å². The molecule has 0 amide bonds. The van der Waals surface area contributed by atoms with Gasteiger partial charge in [-0.2, -0.15) is 0 Å². The molecule has 0 saturated carbocycles. The Morgan fingerprint density at radius 3 is 1.85 bits per heavy atom. The highest BCUT2D eigenvalue weighted by Crippen LogP contribution is 2.52. The Hall–Kier alpha value is -3.97. The summed E-state index contributed by atoms with van der Waals surface area (Å²) in [6, 6.07) is 14.6. The molecule has 1 saturated heterocycles. The van der Waals surface area contributed by atoms with Gasteiger partial charge in [-0.1, -0.05) is 36.4 Å². The molecule has 0 aromatic heterocycles. The summed E-state index contributed by atoms with van der Waals surface area (Å²) in [7, 11) is -4.65. The lowest BCUT2D eigenvalue weighted by Crippen LogP contribution is -2.66. The highest BCUT2D eigenvalue weighted by molar-refractivity contribution is 7.49. The Bertz CT molecular complexity index is 1150. The van der Waals surface area contributed by atoms with Crippen LogP contribution in [0.1, 0.15) is 20.8 Å². The average Bonchev–Trinajstić information content (AvgIpc) is 2.89. The molecule has 1 aliphatic heterocycles. The summed E-state index contributed by atoms with van der Waals surface area (Å²) in [5.41, 5.74) is 2.33. The molecule has 3 rings (SSSR count). The molecule has 1 heterocycles. The van der Waals surface area contributed by atoms with E-state index in [0.29, 0.717) is 0 Å². The van der Waals surface area contributed by atoms with Gasteiger partial charge in [0.1, 0.15) is 30.3 Å². The van der Waals surface area contributed by atoms with Gasteiger partial charge in [0.05, 0.1) is 0 Å². The van der Waals surface area contributed by atoms with Crippen LogP contribution >= 0.6 is 7.82 Å². The van der Waals surface area contributed by atoms with Crippen LogP contribution in [0.2, 0.25) is 0 Å². The molecule has 0 bridgehead atoms. The van der Waals surface area contributed by atoms with E-state index in [1.807, 2.05) is 0 Å². The Morgan fingerprint density at radius 2 is 1.38 bits per heavy atom. The quantitative estimate of drug-likeness (QED) is 0.120. The monoisotopic (exact) mass is 581 g/mol. The molecular formula is C25H28NO13P. The predicted octanol–water partition coefficient (Wildman–Crippen LogP) is 2.47. The number of phosphoric acid groups is 1. The second kappa shape index (κ2) is 14.4. The summed E-state index contributed by atoms with van der Waals surface area (Å²) in [6.07, 6.45) is -6.11. The fourth-order valence-electron chi connectivity index (χ4n) is 3.64. The third-order valence-electron chi connectivity index (χ3n) is 5.12. The van der Waals surface area contributed by atoms with Crippen LogP contribution in [0.4, 0.5) is 0 Å². The van der Waals surface area contributed by atoms with E-state index in [4.69, 9.17) is 32.5 Å². The summed E-state index contributed by atoms with van der Waals surface area (Å²) in [6.45, 7) is 2.87. The second-order valence-electron chi connectivity index (χ2n) is 8.21. The first kappa shape index (κ1) is 30.6. The minimum atomic E-state index is -4.65. The lowest BCUT2D eigenvalue weighted by Gasteiger charge is -2.44. The van der Waals surface area contributed by atoms with Crippen molar-refractivity contribution in [2.75, 3.05) is 6.61 Å². The Balaban J connectivity index is 2.03. The van der Waals surface area contributed by atoms with E-state index in [9.17, 15) is 23.7 Å². The standard InChI is InChI=1S/C25H28NO13P/c1-16(28)32-14-21-22(26-33-15-27)23(34-17(2)29)24(35-18(3)30)25(36-21)39-40(31,37-19-10-6-4-7-11-19)38-20-12-8-5-9-13-20/h4-13,15,21-26H,14H2,1-3H3/t21-,22-,23+,24+,25-/m1/s1. The van der Waals surface area contributed by atoms with Crippen molar-refractivity contribution in [3.05, 3.63) is 60.7 Å². The number of carbonyl (C=O) groups is 4. The molecule has 0 unspecified atom stereocenters. The van der Waals surface area contributed by atoms with Gasteiger partial charge in [-0.25, -0.2) is 9.09 Å². The summed E-state index contributed by atoms with van der Waals surface area (Å²) in [5, 5.41) is 0. The molecule has 14 nitrogen and oxygen atoms in total. The van der Waals surface area contributed by atoms with Crippen LogP contribution in [-0.2, 0) is 52.1 Å². The van der Waals surface area contributed by atoms with Gasteiger partial charge in [-0.15, -0.1) is 5.48 Å². The molecule has 2 aromatic rings. The van der Waals surface area contributed by atoms with E-state index in [2.05, 4.69) is 10.3 Å². The molecular weight excluding hydrogens is 553 g/mol. The van der Waals surface area contributed by atoms with Crippen molar-refractivity contribution in [1.82, 2.24) is 5.48 Å². The SMILES string of the molecule is CC(=O)OC[C@H]1O[C@H](OP(=O)(Oc2ccccc2)Oc2ccccc2)[C@@H](OC(C)=O)[C@@H](OC(C)=O)[C@@H]1NOC=O. The zero-order valence-corrected chi connectivity index (χ0v) is 22.6. The maximum absolute atomic E-state index is 14.0. The number of rotatable bonds is 13. The fourth-order valence-corrected chi connectivity index (χ4v) is 4.95. The van der Waals surface area contributed by atoms with Gasteiger partial charge in [0.2, 0.25) is 6.29 Å². The first-order valence-electron chi connectivity index (χ1n) is 11.9. The van der Waals surface area contributed by atoms with Gasteiger partial charge < -0.3 is 32.8 Å². The van der Waals surface area contributed by atoms with Crippen LogP contribution in [0.5, 0.6) is 11.5 Å². The van der Waals surface area contributed by atoms with E-state index in [1.165, 1.54) is 24.3 Å². The van der Waals surface area contributed by atoms with Crippen LogP contribution in [-0.4, -0.2) is 61.6 Å². The number of esters is 3. The molecule has 40 heavy (non-hydrogen) atoms. The van der Waals surface area contributed by atoms with Gasteiger partial charge in [0, 0.05) is 20.8 Å². The molecule has 15 heteroatoms. The molecule has 0 aliphatic carbocycles. The number of para-hydroxylation sites is 2. The van der Waals surface area contributed by atoms with Crippen molar-refractivity contribution in [3.63, 3.8) is 0 Å². The molecule has 1 N–H and O–H groups in total. The minimum absolute atomic E-state index is 0.0484. The van der Waals surface area contributed by atoms with Crippen molar-refractivity contribution in [2.45, 2.75) is 51.4 Å². The van der Waals surface area contributed by atoms with Crippen LogP contribution in [0, 0.1) is 0 Å². The normalized spacial score (nSPS) is 22.3. The number of hydrogen-bond donors (Lipinski definition) is 1. The minimum Gasteiger partial charge on any atom is -0.463 e. The smallest absolute Gasteiger partial charge is 0.463 e. The van der Waals surface area contributed by atoms with Crippen molar-refractivity contribution in [1.29, 1.82) is 0 Å². The summed E-state index contributed by atoms with van der Waals surface area (Å²) in [4.78, 5) is 51.2. The molecule has 2 aromatic carbocycles. The number of benzene rings is 2. The fraction of sp³-hybridized carbons (Fsp3) is 0.360. The van der Waals surface area contributed by atoms with Gasteiger partial charge in [-0.3, -0.25) is 19.2 Å². The van der Waals surface area contributed by atoms with Crippen LogP contribution < -0.4 is 14.5 Å². The van der Waals surface area contributed by atoms with Crippen LogP contribution in [0.15, 0.2) is 60.7 Å². The number of hydrogen-bond acceptors (Lipinski definition) is 14. The van der Waals surface area contributed by atoms with Crippen molar-refractivity contribution in [2.24, 2.45) is 0 Å². The van der Waals surface area contributed by atoms with Crippen molar-refractivity contribution >= 4 is 32.2 Å². The number of phosphoric ester groups is 1. The summed E-state index contributed by atoms with van der Waals surface area (Å²) >= 11 is 0. The van der Waals surface area contributed by atoms with Crippen LogP contribution in [0.25, 0.3) is 0 Å². The topological polar surface area (TPSA) is 171 Å². The van der Waals surface area contributed by atoms with Crippen molar-refractivity contribution in [3.8, 4) is 11.5 Å². The lowest BCUT2D eigenvalue weighted by atomic mass is 9.96. The zero-order chi connectivity index (χ0) is 29.1. The third-order valence-corrected chi connectivity index (χ3v) is 6.45. The van der Waals surface area contributed by atoms with Gasteiger partial charge >= 0.3 is 32.2 Å². The predicted molar refractivity (Wildman–Crippen MR) is 133 cm³/mol. The molecule has 216 valence electrons. The third kappa shape index (κ3) is 9.06. The second-order valence-corrected chi connectivity index (χ2v) is 9.68. The Morgan fingerprint density at radius 1 is 0.850 bits per heavy atom. The molecule has 0 radical (unpaired) electrons. The van der Waals surface area contributed by atoms with Gasteiger partial charge in [0.15, 0.2) is 12.2 Å². The van der Waals surface area contributed by atoms with E-state index < -0.39 is 63.0 Å². The highest BCUT2D eigenvalue weighted by Gasteiger charge is 2.54. The maximum atomic E-state index is 14.0. The Kier molecular flexibility index (Phi) is 11.0. The highest BCUT2D eigenvalue weighted by atomic mass is 31.2. The largest absolute Gasteiger partial charge is 0.590 e. The summed E-state index contributed by atoms with van der Waals surface area (Å²) < 4.78 is 52.7. The lowest BCUT2D eigenvalue weighted by molar-refractivity contribution is -0.274. The number of hydroxylamine groups is 1. The molecule has 5 atom stereocenters. The van der Waals surface area contributed by atoms with Gasteiger partial charge in [-0.05, 0) is 24.3 Å². The van der Waals surface area contributed by atoms with E-state index in [0.717, 1.165) is 20.8 Å². The first-order valence-corrected chi connectivity index (χ1v) is 13.3. The molecule has 1 fully saturated rings. The van der Waals surface area contributed by atoms with E-state index in [1.54, 1.807) is 36.4 Å². The van der Waals surface area contributed by atoms with Crippen molar-refractivity contribution < 1.29 is 61.1 Å². The number of ether oxygens (including phenoxy) is 4. The Labute approximate surface area is 229 Å². The maximum Gasteiger partial charge on any atom is 0.590 e. The van der Waals surface area contributed by atoms with E-state index >= 15 is 0 Å². The average molecular weight is 581 g/mol. The van der Waals surface area contributed by atoms with Gasteiger partial charge in [0.25, 0.3) is 0 Å². The van der Waals surface area contributed by atoms with E-state index in [-0.39, 0.29) is 18.0 Å².